The van der Waals surface area contributed by atoms with E-state index in [2.05, 4.69) is 30.6 Å². The Bertz CT molecular complexity index is 398. The van der Waals surface area contributed by atoms with Gasteiger partial charge in [-0.1, -0.05) is 44.4 Å². The molecule has 5 heteroatoms. The van der Waals surface area contributed by atoms with Gasteiger partial charge in [0.05, 0.1) is 6.10 Å². The van der Waals surface area contributed by atoms with Gasteiger partial charge in [0, 0.05) is 12.8 Å². The highest BCUT2D eigenvalue weighted by Crippen LogP contribution is 2.27. The van der Waals surface area contributed by atoms with Crippen molar-refractivity contribution in [3.05, 3.63) is 0 Å². The molecule has 0 fully saturated rings. The molecule has 0 rings (SSSR count). The molecular weight excluding hydrogens is 367 g/mol. The summed E-state index contributed by atoms with van der Waals surface area (Å²) in [5.74, 6) is 12.0. The number of hydrogen-bond donors (Lipinski definition) is 1. The van der Waals surface area contributed by atoms with Gasteiger partial charge in [-0.15, -0.1) is 33.2 Å². The van der Waals surface area contributed by atoms with E-state index in [1.54, 1.807) is 0 Å². The standard InChI is InChI=1S/C18H29Cl3OSi/c1-2-3-4-5-6-7-8-9-10-11-12-13-15-18(22)16-14-17-23(19,20)21/h18,22H,2-4,9-17H2,1H3. The first kappa shape index (κ1) is 23.2. The van der Waals surface area contributed by atoms with Crippen molar-refractivity contribution in [1.29, 1.82) is 0 Å². The summed E-state index contributed by atoms with van der Waals surface area (Å²) in [5, 5.41) is 9.86. The van der Waals surface area contributed by atoms with Crippen molar-refractivity contribution < 1.29 is 5.11 Å². The molecule has 0 spiro atoms. The van der Waals surface area contributed by atoms with Crippen LogP contribution in [0.5, 0.6) is 0 Å². The van der Waals surface area contributed by atoms with Crippen LogP contribution < -0.4 is 0 Å². The molecule has 1 N–H and O–H groups in total. The van der Waals surface area contributed by atoms with Crippen LogP contribution in [0, 0.1) is 23.7 Å². The zero-order valence-corrected chi connectivity index (χ0v) is 17.4. The van der Waals surface area contributed by atoms with Gasteiger partial charge >= 0.3 is 6.00 Å². The molecule has 0 aromatic carbocycles. The minimum atomic E-state index is -2.51. The lowest BCUT2D eigenvalue weighted by Crippen LogP contribution is -2.12. The number of unbranched alkanes of at least 4 members (excludes halogenated alkanes) is 6. The fourth-order valence-electron chi connectivity index (χ4n) is 2.11. The Morgan fingerprint density at radius 2 is 1.39 bits per heavy atom. The van der Waals surface area contributed by atoms with Crippen molar-refractivity contribution in [2.24, 2.45) is 0 Å². The Morgan fingerprint density at radius 1 is 0.826 bits per heavy atom. The molecule has 0 saturated heterocycles. The van der Waals surface area contributed by atoms with Crippen LogP contribution >= 0.6 is 33.2 Å². The van der Waals surface area contributed by atoms with Crippen LogP contribution in [0.25, 0.3) is 0 Å². The lowest BCUT2D eigenvalue weighted by Gasteiger charge is -2.12. The van der Waals surface area contributed by atoms with E-state index in [1.807, 2.05) is 0 Å². The average Bonchev–Trinajstić information content (AvgIpc) is 2.47. The van der Waals surface area contributed by atoms with E-state index in [4.69, 9.17) is 33.2 Å². The second kappa shape index (κ2) is 15.7. The van der Waals surface area contributed by atoms with Crippen molar-refractivity contribution in [3.63, 3.8) is 0 Å². The fraction of sp³-hybridized carbons (Fsp3) is 0.778. The Kier molecular flexibility index (Phi) is 15.8. The third-order valence-corrected chi connectivity index (χ3v) is 6.10. The summed E-state index contributed by atoms with van der Waals surface area (Å²) in [6.07, 6.45) is 10.8. The van der Waals surface area contributed by atoms with E-state index in [0.29, 0.717) is 6.04 Å². The van der Waals surface area contributed by atoms with Crippen LogP contribution in [0.2, 0.25) is 6.04 Å². The van der Waals surface area contributed by atoms with Gasteiger partial charge in [-0.2, -0.15) is 0 Å². The molecule has 1 nitrogen and oxygen atoms in total. The van der Waals surface area contributed by atoms with E-state index in [9.17, 15) is 5.11 Å². The predicted octanol–water partition coefficient (Wildman–Crippen LogP) is 6.32. The third-order valence-electron chi connectivity index (χ3n) is 3.48. The Morgan fingerprint density at radius 3 is 2.00 bits per heavy atom. The van der Waals surface area contributed by atoms with Crippen molar-refractivity contribution in [2.75, 3.05) is 0 Å². The molecule has 0 aromatic heterocycles. The molecule has 0 bridgehead atoms. The number of rotatable bonds is 12. The average molecular weight is 396 g/mol. The van der Waals surface area contributed by atoms with Crippen LogP contribution in [0.3, 0.4) is 0 Å². The van der Waals surface area contributed by atoms with Crippen LogP contribution in [0.15, 0.2) is 0 Å². The van der Waals surface area contributed by atoms with E-state index >= 15 is 0 Å². The molecular formula is C18H29Cl3OSi. The molecule has 0 aliphatic rings. The van der Waals surface area contributed by atoms with Crippen molar-refractivity contribution in [1.82, 2.24) is 0 Å². The van der Waals surface area contributed by atoms with Crippen molar-refractivity contribution in [3.8, 4) is 23.7 Å². The SMILES string of the molecule is CCCCC#CC#CCCCCCCC(O)CCC[Si](Cl)(Cl)Cl. The van der Waals surface area contributed by atoms with E-state index in [1.165, 1.54) is 6.42 Å². The van der Waals surface area contributed by atoms with Gasteiger partial charge in [0.25, 0.3) is 0 Å². The highest BCUT2D eigenvalue weighted by atomic mass is 35.8. The summed E-state index contributed by atoms with van der Waals surface area (Å²) in [7, 11) is 0. The maximum Gasteiger partial charge on any atom is 0.341 e. The van der Waals surface area contributed by atoms with Crippen LogP contribution in [0.1, 0.15) is 77.6 Å². The maximum atomic E-state index is 9.86. The molecule has 1 unspecified atom stereocenters. The fourth-order valence-corrected chi connectivity index (χ4v) is 3.92. The first-order valence-electron chi connectivity index (χ1n) is 8.66. The summed E-state index contributed by atoms with van der Waals surface area (Å²) in [5.41, 5.74) is 0. The highest BCUT2D eigenvalue weighted by molar-refractivity contribution is 7.64. The lowest BCUT2D eigenvalue weighted by molar-refractivity contribution is 0.150. The molecule has 1 atom stereocenters. The smallest absolute Gasteiger partial charge is 0.341 e. The summed E-state index contributed by atoms with van der Waals surface area (Å²) >= 11 is 17.4. The van der Waals surface area contributed by atoms with Gasteiger partial charge in [-0.05, 0) is 50.0 Å². The van der Waals surface area contributed by atoms with E-state index < -0.39 is 6.00 Å². The monoisotopic (exact) mass is 394 g/mol. The molecule has 23 heavy (non-hydrogen) atoms. The summed E-state index contributed by atoms with van der Waals surface area (Å²) < 4.78 is 0. The zero-order valence-electron chi connectivity index (χ0n) is 14.1. The molecule has 0 radical (unpaired) electrons. The molecule has 0 amide bonds. The molecule has 132 valence electrons. The molecule has 0 aliphatic heterocycles. The minimum absolute atomic E-state index is 0.255. The van der Waals surface area contributed by atoms with Gasteiger partial charge < -0.3 is 5.11 Å². The number of hydrogen-bond acceptors (Lipinski definition) is 1. The minimum Gasteiger partial charge on any atom is -0.393 e. The molecule has 0 aromatic rings. The van der Waals surface area contributed by atoms with Crippen LogP contribution in [-0.2, 0) is 0 Å². The normalized spacial score (nSPS) is 12.0. The number of halogens is 3. The summed E-state index contributed by atoms with van der Waals surface area (Å²) in [6, 6.07) is -1.88. The second-order valence-corrected chi connectivity index (χ2v) is 15.1. The Hall–Kier alpha value is 0.167. The molecule has 0 saturated carbocycles. The van der Waals surface area contributed by atoms with Gasteiger partial charge in [0.1, 0.15) is 0 Å². The predicted molar refractivity (Wildman–Crippen MR) is 106 cm³/mol. The van der Waals surface area contributed by atoms with Crippen LogP contribution in [-0.4, -0.2) is 17.2 Å². The first-order chi connectivity index (χ1) is 11.0. The van der Waals surface area contributed by atoms with Gasteiger partial charge in [0.15, 0.2) is 0 Å². The van der Waals surface area contributed by atoms with E-state index in [0.717, 1.165) is 64.2 Å². The highest BCUT2D eigenvalue weighted by Gasteiger charge is 2.24. The third kappa shape index (κ3) is 20.1. The Labute approximate surface area is 157 Å². The topological polar surface area (TPSA) is 20.2 Å². The number of aliphatic hydroxyl groups is 1. The van der Waals surface area contributed by atoms with Gasteiger partial charge in [-0.3, -0.25) is 0 Å². The maximum absolute atomic E-state index is 9.86. The van der Waals surface area contributed by atoms with Gasteiger partial charge in [0.2, 0.25) is 0 Å². The number of aliphatic hydroxyl groups excluding tert-OH is 1. The molecule has 0 aliphatic carbocycles. The van der Waals surface area contributed by atoms with Crippen molar-refractivity contribution in [2.45, 2.75) is 89.7 Å². The van der Waals surface area contributed by atoms with Crippen LogP contribution in [0.4, 0.5) is 0 Å². The van der Waals surface area contributed by atoms with Gasteiger partial charge in [-0.25, -0.2) is 0 Å². The second-order valence-electron chi connectivity index (χ2n) is 5.82. The zero-order chi connectivity index (χ0) is 17.4. The first-order valence-corrected chi connectivity index (χ1v) is 13.9. The van der Waals surface area contributed by atoms with Crippen molar-refractivity contribution >= 4 is 39.2 Å². The summed E-state index contributed by atoms with van der Waals surface area (Å²) in [6.45, 7) is 2.16. The molecule has 0 heterocycles. The van der Waals surface area contributed by atoms with E-state index in [-0.39, 0.29) is 6.10 Å². The Balaban J connectivity index is 3.41. The lowest BCUT2D eigenvalue weighted by atomic mass is 10.1. The largest absolute Gasteiger partial charge is 0.393 e. The summed E-state index contributed by atoms with van der Waals surface area (Å²) in [4.78, 5) is 0. The quantitative estimate of drug-likeness (QED) is 0.177.